The quantitative estimate of drug-likeness (QED) is 0.924. The van der Waals surface area contributed by atoms with Gasteiger partial charge in [-0.1, -0.05) is 19.1 Å². The number of benzene rings is 1. The minimum Gasteiger partial charge on any atom is -0.366 e. The second-order valence-corrected chi connectivity index (χ2v) is 7.52. The van der Waals surface area contributed by atoms with Gasteiger partial charge in [0.25, 0.3) is 0 Å². The van der Waals surface area contributed by atoms with Gasteiger partial charge in [-0.05, 0) is 58.2 Å². The standard InChI is InChI=1S/C18H30N2O/c1-6-15(19)11-14-7-9-16(10-8-14)20-12-17(2,3)21-18(4,5)13-20/h7-10,15H,6,11-13,19H2,1-5H3. The zero-order valence-electron chi connectivity index (χ0n) is 14.1. The average Bonchev–Trinajstić information content (AvgIpc) is 2.35. The van der Waals surface area contributed by atoms with Crippen LogP contribution in [0.15, 0.2) is 24.3 Å². The highest BCUT2D eigenvalue weighted by Gasteiger charge is 2.38. The second-order valence-electron chi connectivity index (χ2n) is 7.52. The van der Waals surface area contributed by atoms with Crippen molar-refractivity contribution in [3.8, 4) is 0 Å². The molecule has 2 N–H and O–H groups in total. The second kappa shape index (κ2) is 5.98. The molecule has 0 spiro atoms. The number of morpholine rings is 1. The Morgan fingerprint density at radius 3 is 2.10 bits per heavy atom. The molecule has 1 aliphatic rings. The van der Waals surface area contributed by atoms with Crippen molar-refractivity contribution in [2.24, 2.45) is 5.73 Å². The topological polar surface area (TPSA) is 38.5 Å². The summed E-state index contributed by atoms with van der Waals surface area (Å²) in [5.74, 6) is 0. The summed E-state index contributed by atoms with van der Waals surface area (Å²) in [5, 5.41) is 0. The van der Waals surface area contributed by atoms with Crippen LogP contribution in [-0.2, 0) is 11.2 Å². The molecule has 1 aliphatic heterocycles. The van der Waals surface area contributed by atoms with Crippen LogP contribution in [0.4, 0.5) is 5.69 Å². The van der Waals surface area contributed by atoms with Crippen molar-refractivity contribution in [2.45, 2.75) is 64.7 Å². The lowest BCUT2D eigenvalue weighted by Crippen LogP contribution is -2.57. The predicted molar refractivity (Wildman–Crippen MR) is 89.9 cm³/mol. The molecule has 0 aliphatic carbocycles. The summed E-state index contributed by atoms with van der Waals surface area (Å²) in [6.45, 7) is 12.6. The highest BCUT2D eigenvalue weighted by Crippen LogP contribution is 2.31. The van der Waals surface area contributed by atoms with E-state index in [2.05, 4.69) is 63.8 Å². The van der Waals surface area contributed by atoms with Crippen molar-refractivity contribution in [3.05, 3.63) is 29.8 Å². The zero-order chi connectivity index (χ0) is 15.7. The van der Waals surface area contributed by atoms with Gasteiger partial charge in [-0.25, -0.2) is 0 Å². The molecule has 0 radical (unpaired) electrons. The van der Waals surface area contributed by atoms with Crippen molar-refractivity contribution in [1.29, 1.82) is 0 Å². The summed E-state index contributed by atoms with van der Waals surface area (Å²) in [6.07, 6.45) is 1.98. The third-order valence-electron chi connectivity index (χ3n) is 4.02. The van der Waals surface area contributed by atoms with Gasteiger partial charge in [0.15, 0.2) is 0 Å². The predicted octanol–water partition coefficient (Wildman–Crippen LogP) is 3.36. The van der Waals surface area contributed by atoms with Crippen LogP contribution in [0.1, 0.15) is 46.6 Å². The molecule has 0 saturated carbocycles. The Labute approximate surface area is 129 Å². The van der Waals surface area contributed by atoms with E-state index in [0.29, 0.717) is 0 Å². The molecule has 3 heteroatoms. The number of rotatable bonds is 4. The Kier molecular flexibility index (Phi) is 4.64. The summed E-state index contributed by atoms with van der Waals surface area (Å²) in [6, 6.07) is 9.11. The summed E-state index contributed by atoms with van der Waals surface area (Å²) in [7, 11) is 0. The van der Waals surface area contributed by atoms with Gasteiger partial charge in [-0.15, -0.1) is 0 Å². The van der Waals surface area contributed by atoms with Gasteiger partial charge in [-0.2, -0.15) is 0 Å². The normalized spacial score (nSPS) is 22.1. The van der Waals surface area contributed by atoms with Gasteiger partial charge in [0.05, 0.1) is 11.2 Å². The third-order valence-corrected chi connectivity index (χ3v) is 4.02. The first kappa shape index (κ1) is 16.3. The molecule has 1 aromatic rings. The molecule has 1 heterocycles. The molecule has 0 amide bonds. The summed E-state index contributed by atoms with van der Waals surface area (Å²) < 4.78 is 6.15. The Hall–Kier alpha value is -1.06. The first-order valence-electron chi connectivity index (χ1n) is 8.00. The van der Waals surface area contributed by atoms with E-state index in [9.17, 15) is 0 Å². The van der Waals surface area contributed by atoms with Crippen LogP contribution >= 0.6 is 0 Å². The average molecular weight is 290 g/mol. The van der Waals surface area contributed by atoms with Gasteiger partial charge in [0.1, 0.15) is 0 Å². The van der Waals surface area contributed by atoms with E-state index < -0.39 is 0 Å². The maximum Gasteiger partial charge on any atom is 0.0808 e. The minimum absolute atomic E-state index is 0.120. The number of nitrogens with zero attached hydrogens (tertiary/aromatic N) is 1. The van der Waals surface area contributed by atoms with E-state index in [0.717, 1.165) is 25.9 Å². The molecule has 21 heavy (non-hydrogen) atoms. The summed E-state index contributed by atoms with van der Waals surface area (Å²) in [4.78, 5) is 2.42. The van der Waals surface area contributed by atoms with E-state index in [-0.39, 0.29) is 17.2 Å². The smallest absolute Gasteiger partial charge is 0.0808 e. The number of hydrogen-bond acceptors (Lipinski definition) is 3. The van der Waals surface area contributed by atoms with Gasteiger partial charge in [0.2, 0.25) is 0 Å². The van der Waals surface area contributed by atoms with Crippen LogP contribution in [0.25, 0.3) is 0 Å². The number of anilines is 1. The van der Waals surface area contributed by atoms with Crippen molar-refractivity contribution in [2.75, 3.05) is 18.0 Å². The molecule has 0 aromatic heterocycles. The van der Waals surface area contributed by atoms with Crippen molar-refractivity contribution in [3.63, 3.8) is 0 Å². The number of ether oxygens (including phenoxy) is 1. The Morgan fingerprint density at radius 1 is 1.10 bits per heavy atom. The highest BCUT2D eigenvalue weighted by molar-refractivity contribution is 5.49. The Balaban J connectivity index is 2.11. The Morgan fingerprint density at radius 2 is 1.62 bits per heavy atom. The lowest BCUT2D eigenvalue weighted by Gasteiger charge is -2.48. The van der Waals surface area contributed by atoms with E-state index in [1.54, 1.807) is 0 Å². The van der Waals surface area contributed by atoms with Crippen molar-refractivity contribution in [1.82, 2.24) is 0 Å². The highest BCUT2D eigenvalue weighted by atomic mass is 16.5. The molecule has 1 saturated heterocycles. The molecular formula is C18H30N2O. The first-order valence-corrected chi connectivity index (χ1v) is 8.00. The number of hydrogen-bond donors (Lipinski definition) is 1. The minimum atomic E-state index is -0.120. The molecule has 0 bridgehead atoms. The molecular weight excluding hydrogens is 260 g/mol. The van der Waals surface area contributed by atoms with Gasteiger partial charge < -0.3 is 15.4 Å². The molecule has 1 atom stereocenters. The monoisotopic (exact) mass is 290 g/mol. The fraction of sp³-hybridized carbons (Fsp3) is 0.667. The van der Waals surface area contributed by atoms with Crippen LogP contribution in [0.2, 0.25) is 0 Å². The van der Waals surface area contributed by atoms with E-state index in [1.165, 1.54) is 11.3 Å². The molecule has 3 nitrogen and oxygen atoms in total. The maximum atomic E-state index is 6.15. The first-order chi connectivity index (χ1) is 9.71. The molecule has 118 valence electrons. The lowest BCUT2D eigenvalue weighted by atomic mass is 9.98. The van der Waals surface area contributed by atoms with Crippen LogP contribution in [0, 0.1) is 0 Å². The van der Waals surface area contributed by atoms with Crippen molar-refractivity contribution < 1.29 is 4.74 Å². The lowest BCUT2D eigenvalue weighted by molar-refractivity contribution is -0.133. The van der Waals surface area contributed by atoms with Crippen LogP contribution < -0.4 is 10.6 Å². The van der Waals surface area contributed by atoms with Crippen LogP contribution in [0.3, 0.4) is 0 Å². The molecule has 1 aromatic carbocycles. The molecule has 1 fully saturated rings. The van der Waals surface area contributed by atoms with Gasteiger partial charge >= 0.3 is 0 Å². The summed E-state index contributed by atoms with van der Waals surface area (Å²) in [5.41, 5.74) is 8.38. The molecule has 2 rings (SSSR count). The fourth-order valence-electron chi connectivity index (χ4n) is 3.26. The van der Waals surface area contributed by atoms with E-state index in [1.807, 2.05) is 0 Å². The van der Waals surface area contributed by atoms with Gasteiger partial charge in [0, 0.05) is 24.8 Å². The molecule has 1 unspecified atom stereocenters. The Bertz CT molecular complexity index is 449. The summed E-state index contributed by atoms with van der Waals surface area (Å²) >= 11 is 0. The zero-order valence-corrected chi connectivity index (χ0v) is 14.1. The van der Waals surface area contributed by atoms with Crippen LogP contribution in [-0.4, -0.2) is 30.3 Å². The van der Waals surface area contributed by atoms with Crippen LogP contribution in [0.5, 0.6) is 0 Å². The largest absolute Gasteiger partial charge is 0.366 e. The van der Waals surface area contributed by atoms with E-state index in [4.69, 9.17) is 10.5 Å². The fourth-order valence-corrected chi connectivity index (χ4v) is 3.26. The maximum absolute atomic E-state index is 6.15. The SMILES string of the molecule is CCC(N)Cc1ccc(N2CC(C)(C)OC(C)(C)C2)cc1. The number of nitrogens with two attached hydrogens (primary N) is 1. The third kappa shape index (κ3) is 4.45. The van der Waals surface area contributed by atoms with E-state index >= 15 is 0 Å². The van der Waals surface area contributed by atoms with Crippen molar-refractivity contribution >= 4 is 5.69 Å². The van der Waals surface area contributed by atoms with Gasteiger partial charge in [-0.3, -0.25) is 0 Å².